The fourth-order valence-electron chi connectivity index (χ4n) is 2.31. The monoisotopic (exact) mass is 338 g/mol. The third-order valence-electron chi connectivity index (χ3n) is 3.19. The number of thiol groups is 1. The van der Waals surface area contributed by atoms with E-state index in [1.807, 2.05) is 0 Å². The Morgan fingerprint density at radius 1 is 0.400 bits per heavy atom. The van der Waals surface area contributed by atoms with Gasteiger partial charge in [0.15, 0.2) is 0 Å². The van der Waals surface area contributed by atoms with E-state index in [-0.39, 0.29) is 13.5 Å². The molecule has 1 radical (unpaired) electrons. The van der Waals surface area contributed by atoms with Gasteiger partial charge in [0.05, 0.1) is 0 Å². The van der Waals surface area contributed by atoms with E-state index >= 15 is 0 Å². The van der Waals surface area contributed by atoms with Gasteiger partial charge in [-0.1, -0.05) is 0 Å². The summed E-state index contributed by atoms with van der Waals surface area (Å²) < 4.78 is 4.50. The Hall–Kier alpha value is -1.45. The SMILES string of the molecule is [SH-].c1cc[c]([Ge]([c]2ccccc2)[c]2ccccc2)cc1. The predicted molar refractivity (Wildman–Crippen MR) is 92.7 cm³/mol. The molecule has 0 aliphatic rings. The molecule has 0 nitrogen and oxygen atoms in total. The van der Waals surface area contributed by atoms with Gasteiger partial charge in [-0.2, -0.15) is 0 Å². The van der Waals surface area contributed by atoms with Crippen LogP contribution >= 0.6 is 0 Å². The van der Waals surface area contributed by atoms with Gasteiger partial charge in [-0.05, 0) is 0 Å². The van der Waals surface area contributed by atoms with Crippen molar-refractivity contribution in [3.8, 4) is 0 Å². The van der Waals surface area contributed by atoms with Gasteiger partial charge >= 0.3 is 119 Å². The van der Waals surface area contributed by atoms with Crippen molar-refractivity contribution in [2.75, 3.05) is 0 Å². The van der Waals surface area contributed by atoms with Gasteiger partial charge in [0.25, 0.3) is 0 Å². The molecule has 3 rings (SSSR count). The number of hydrogen-bond donors (Lipinski definition) is 0. The minimum absolute atomic E-state index is 0. The average Bonchev–Trinajstić information content (AvgIpc) is 2.51. The molecule has 0 aromatic heterocycles. The average molecular weight is 337 g/mol. The number of rotatable bonds is 3. The van der Waals surface area contributed by atoms with Crippen molar-refractivity contribution >= 4 is 41.0 Å². The van der Waals surface area contributed by atoms with Crippen molar-refractivity contribution < 1.29 is 0 Å². The first-order valence-electron chi connectivity index (χ1n) is 6.48. The van der Waals surface area contributed by atoms with E-state index < -0.39 is 14.3 Å². The minimum atomic E-state index is -1.63. The third kappa shape index (κ3) is 3.35. The summed E-state index contributed by atoms with van der Waals surface area (Å²) in [5.74, 6) is 0. The normalized spacial score (nSPS) is 10.1. The number of hydrogen-bond acceptors (Lipinski definition) is 1. The molecule has 3 aromatic carbocycles. The van der Waals surface area contributed by atoms with Crippen molar-refractivity contribution in [2.45, 2.75) is 0 Å². The van der Waals surface area contributed by atoms with Crippen LogP contribution in [0.2, 0.25) is 0 Å². The molecule has 0 aliphatic heterocycles. The van der Waals surface area contributed by atoms with Crippen LogP contribution < -0.4 is 13.2 Å². The zero-order valence-corrected chi connectivity index (χ0v) is 14.1. The summed E-state index contributed by atoms with van der Waals surface area (Å²) in [4.78, 5) is 0. The molecule has 0 fully saturated rings. The zero-order chi connectivity index (χ0) is 12.9. The van der Waals surface area contributed by atoms with E-state index in [9.17, 15) is 0 Å². The van der Waals surface area contributed by atoms with Gasteiger partial charge in [-0.15, -0.1) is 0 Å². The fraction of sp³-hybridized carbons (Fsp3) is 0. The Morgan fingerprint density at radius 3 is 0.900 bits per heavy atom. The van der Waals surface area contributed by atoms with E-state index in [1.54, 1.807) is 0 Å². The van der Waals surface area contributed by atoms with E-state index in [4.69, 9.17) is 0 Å². The van der Waals surface area contributed by atoms with Crippen molar-refractivity contribution in [3.63, 3.8) is 0 Å². The van der Waals surface area contributed by atoms with Crippen molar-refractivity contribution in [1.29, 1.82) is 0 Å². The van der Waals surface area contributed by atoms with Crippen molar-refractivity contribution in [3.05, 3.63) is 91.0 Å². The molecule has 0 amide bonds. The van der Waals surface area contributed by atoms with Crippen LogP contribution in [-0.4, -0.2) is 14.3 Å². The molecule has 0 aliphatic carbocycles. The topological polar surface area (TPSA) is 0 Å². The zero-order valence-electron chi connectivity index (χ0n) is 11.1. The molecule has 0 saturated heterocycles. The molecule has 2 heteroatoms. The Labute approximate surface area is 132 Å². The van der Waals surface area contributed by atoms with Gasteiger partial charge in [-0.25, -0.2) is 0 Å². The van der Waals surface area contributed by atoms with Crippen LogP contribution in [0.3, 0.4) is 0 Å². The maximum absolute atomic E-state index is 2.27. The maximum atomic E-state index is 2.27. The van der Waals surface area contributed by atoms with Gasteiger partial charge in [0.2, 0.25) is 0 Å². The van der Waals surface area contributed by atoms with E-state index in [0.29, 0.717) is 0 Å². The Balaban J connectivity index is 0.00000147. The molecular weight excluding hydrogens is 321 g/mol. The van der Waals surface area contributed by atoms with Crippen LogP contribution in [0.1, 0.15) is 0 Å². The second-order valence-electron chi connectivity index (χ2n) is 4.47. The molecule has 0 spiro atoms. The Morgan fingerprint density at radius 2 is 0.650 bits per heavy atom. The summed E-state index contributed by atoms with van der Waals surface area (Å²) in [5, 5.41) is 0. The van der Waals surface area contributed by atoms with Crippen LogP contribution in [0, 0.1) is 0 Å². The van der Waals surface area contributed by atoms with Gasteiger partial charge < -0.3 is 13.5 Å². The first kappa shape index (κ1) is 15.0. The van der Waals surface area contributed by atoms with Crippen LogP contribution in [0.4, 0.5) is 0 Å². The van der Waals surface area contributed by atoms with Gasteiger partial charge in [0, 0.05) is 0 Å². The standard InChI is InChI=1S/C18H15Ge.H2S/c1-4-10-16(11-5-1)19(17-12-6-2-7-13-17)18-14-8-3-9-15-18;/h1-15H;1H2/p-1. The van der Waals surface area contributed by atoms with Crippen LogP contribution in [0.25, 0.3) is 0 Å². The van der Waals surface area contributed by atoms with E-state index in [1.165, 1.54) is 13.2 Å². The molecule has 0 atom stereocenters. The van der Waals surface area contributed by atoms with E-state index in [2.05, 4.69) is 91.0 Å². The van der Waals surface area contributed by atoms with Gasteiger partial charge in [-0.3, -0.25) is 0 Å². The summed E-state index contributed by atoms with van der Waals surface area (Å²) in [7, 11) is 0. The summed E-state index contributed by atoms with van der Waals surface area (Å²) in [6.07, 6.45) is 0. The quantitative estimate of drug-likeness (QED) is 0.400. The van der Waals surface area contributed by atoms with E-state index in [0.717, 1.165) is 0 Å². The Kier molecular flexibility index (Phi) is 5.51. The van der Waals surface area contributed by atoms with Crippen molar-refractivity contribution in [1.82, 2.24) is 0 Å². The molecule has 0 saturated carbocycles. The second-order valence-corrected chi connectivity index (χ2v) is 9.68. The molecule has 20 heavy (non-hydrogen) atoms. The summed E-state index contributed by atoms with van der Waals surface area (Å²) in [6, 6.07) is 32.8. The molecule has 0 unspecified atom stereocenters. The molecule has 99 valence electrons. The first-order valence-corrected chi connectivity index (χ1v) is 9.63. The van der Waals surface area contributed by atoms with Gasteiger partial charge in [0.1, 0.15) is 0 Å². The third-order valence-corrected chi connectivity index (χ3v) is 8.92. The molecule has 0 N–H and O–H groups in total. The summed E-state index contributed by atoms with van der Waals surface area (Å²) >= 11 is -1.63. The first-order chi connectivity index (χ1) is 9.45. The molecule has 0 bridgehead atoms. The number of benzene rings is 3. The summed E-state index contributed by atoms with van der Waals surface area (Å²) in [6.45, 7) is 0. The van der Waals surface area contributed by atoms with Crippen molar-refractivity contribution in [2.24, 2.45) is 0 Å². The molecule has 0 heterocycles. The van der Waals surface area contributed by atoms with Crippen LogP contribution in [0.5, 0.6) is 0 Å². The van der Waals surface area contributed by atoms with Crippen LogP contribution in [0.15, 0.2) is 91.0 Å². The second kappa shape index (κ2) is 7.37. The van der Waals surface area contributed by atoms with Crippen LogP contribution in [-0.2, 0) is 13.5 Å². The fourth-order valence-corrected chi connectivity index (χ4v) is 7.72. The molecular formula is C18H16GeS-. The molecule has 3 aromatic rings. The Bertz CT molecular complexity index is 529. The predicted octanol–water partition coefficient (Wildman–Crippen LogP) is 1.93. The summed E-state index contributed by atoms with van der Waals surface area (Å²) in [5.41, 5.74) is 0.